The van der Waals surface area contributed by atoms with Crippen molar-refractivity contribution in [2.24, 2.45) is 0 Å². The molecule has 0 fully saturated rings. The molecule has 6 aromatic carbocycles. The Kier molecular flexibility index (Phi) is 6.88. The molecule has 1 heteroatoms. The third-order valence-electron chi connectivity index (χ3n) is 10.2. The fourth-order valence-corrected chi connectivity index (χ4v) is 7.89. The van der Waals surface area contributed by atoms with Crippen LogP contribution in [-0.4, -0.2) is 0 Å². The number of benzene rings is 6. The van der Waals surface area contributed by atoms with Crippen LogP contribution in [0.25, 0.3) is 34.4 Å². The van der Waals surface area contributed by atoms with Gasteiger partial charge in [0.2, 0.25) is 0 Å². The molecule has 1 nitrogen and oxygen atoms in total. The Morgan fingerprint density at radius 2 is 0.936 bits per heavy atom. The molecule has 0 spiro atoms. The molecule has 2 aliphatic carbocycles. The second-order valence-electron chi connectivity index (χ2n) is 13.9. The third-order valence-corrected chi connectivity index (χ3v) is 10.2. The maximum Gasteiger partial charge on any atom is 0.0462 e. The van der Waals surface area contributed by atoms with E-state index in [0.717, 1.165) is 17.1 Å². The van der Waals surface area contributed by atoms with Gasteiger partial charge in [-0.15, -0.1) is 0 Å². The van der Waals surface area contributed by atoms with Gasteiger partial charge in [-0.2, -0.15) is 0 Å². The average molecular weight is 606 g/mol. The van der Waals surface area contributed by atoms with Gasteiger partial charge in [-0.3, -0.25) is 0 Å². The number of hydrogen-bond acceptors (Lipinski definition) is 1. The summed E-state index contributed by atoms with van der Waals surface area (Å²) in [7, 11) is 0. The Bertz CT molecular complexity index is 2120. The minimum absolute atomic E-state index is 0.000254. The Labute approximate surface area is 279 Å². The van der Waals surface area contributed by atoms with Crippen LogP contribution in [-0.2, 0) is 10.8 Å². The summed E-state index contributed by atoms with van der Waals surface area (Å²) in [5.41, 5.74) is 17.0. The van der Waals surface area contributed by atoms with Gasteiger partial charge < -0.3 is 4.90 Å². The van der Waals surface area contributed by atoms with E-state index >= 15 is 0 Å². The van der Waals surface area contributed by atoms with Crippen LogP contribution in [0.15, 0.2) is 152 Å². The number of hydrogen-bond donors (Lipinski definition) is 0. The summed E-state index contributed by atoms with van der Waals surface area (Å²) in [6.07, 6.45) is 4.43. The van der Waals surface area contributed by atoms with E-state index in [2.05, 4.69) is 196 Å². The van der Waals surface area contributed by atoms with Gasteiger partial charge in [-0.1, -0.05) is 143 Å². The van der Waals surface area contributed by atoms with Gasteiger partial charge in [0, 0.05) is 27.9 Å². The molecule has 6 aromatic rings. The Morgan fingerprint density at radius 1 is 0.404 bits per heavy atom. The summed E-state index contributed by atoms with van der Waals surface area (Å²) in [4.78, 5) is 2.29. The molecular weight excluding hydrogens is 567 g/mol. The zero-order valence-electron chi connectivity index (χ0n) is 27.5. The Hall–Kier alpha value is -5.40. The number of para-hydroxylation sites is 2. The van der Waals surface area contributed by atoms with Crippen molar-refractivity contribution in [1.29, 1.82) is 0 Å². The van der Waals surface area contributed by atoms with Gasteiger partial charge in [0.05, 0.1) is 0 Å². The predicted octanol–water partition coefficient (Wildman–Crippen LogP) is 12.5. The molecular formula is C46H39N. The van der Waals surface area contributed by atoms with Crippen molar-refractivity contribution in [2.75, 3.05) is 4.90 Å². The molecule has 0 bridgehead atoms. The van der Waals surface area contributed by atoms with Gasteiger partial charge in [0.15, 0.2) is 0 Å². The largest absolute Gasteiger partial charge is 0.311 e. The summed E-state index contributed by atoms with van der Waals surface area (Å²) in [5.74, 6) is 0. The third kappa shape index (κ3) is 4.86. The molecule has 0 saturated heterocycles. The van der Waals surface area contributed by atoms with E-state index in [9.17, 15) is 0 Å². The van der Waals surface area contributed by atoms with Crippen LogP contribution in [0.5, 0.6) is 0 Å². The molecule has 0 atom stereocenters. The first-order valence-electron chi connectivity index (χ1n) is 16.6. The van der Waals surface area contributed by atoms with Crippen LogP contribution in [0, 0.1) is 0 Å². The second kappa shape index (κ2) is 11.1. The van der Waals surface area contributed by atoms with E-state index in [4.69, 9.17) is 0 Å². The first kappa shape index (κ1) is 29.0. The summed E-state index contributed by atoms with van der Waals surface area (Å²) in [5, 5.41) is 0. The van der Waals surface area contributed by atoms with Crippen LogP contribution >= 0.6 is 0 Å². The SMILES string of the molecule is CC1(C)C2=C(c3ccccc31)C(C)(C)c1cc(-c3cccc(C=Cc4ccc(N(c5ccccc5)c5ccccc5)cc4)c3)ccc12. The molecule has 0 aromatic heterocycles. The lowest BCUT2D eigenvalue weighted by Gasteiger charge is -2.28. The standard InChI is InChI=1S/C46H39N/c1-45(2)41-21-12-11-20-39(41)43-44(45)40-29-26-35(31-42(40)46(43,3)4)34-15-13-14-33(30-34)23-22-32-24-27-38(28-25-32)47(36-16-7-5-8-17-36)37-18-9-6-10-19-37/h5-31H,1-4H3. The van der Waals surface area contributed by atoms with Gasteiger partial charge in [0.1, 0.15) is 0 Å². The minimum atomic E-state index is -0.0508. The predicted molar refractivity (Wildman–Crippen MR) is 201 cm³/mol. The molecule has 228 valence electrons. The fourth-order valence-electron chi connectivity index (χ4n) is 7.89. The zero-order valence-corrected chi connectivity index (χ0v) is 27.5. The van der Waals surface area contributed by atoms with Crippen molar-refractivity contribution in [3.8, 4) is 11.1 Å². The molecule has 0 amide bonds. The molecule has 0 aliphatic heterocycles. The molecule has 8 rings (SSSR count). The highest BCUT2D eigenvalue weighted by Gasteiger charge is 2.49. The summed E-state index contributed by atoms with van der Waals surface area (Å²) in [6.45, 7) is 9.58. The number of anilines is 3. The molecule has 0 heterocycles. The van der Waals surface area contributed by atoms with Crippen molar-refractivity contribution in [1.82, 2.24) is 0 Å². The van der Waals surface area contributed by atoms with E-state index in [-0.39, 0.29) is 10.8 Å². The Morgan fingerprint density at radius 3 is 1.62 bits per heavy atom. The van der Waals surface area contributed by atoms with Crippen molar-refractivity contribution < 1.29 is 0 Å². The molecule has 0 radical (unpaired) electrons. The van der Waals surface area contributed by atoms with Crippen molar-refractivity contribution in [3.05, 3.63) is 185 Å². The second-order valence-corrected chi connectivity index (χ2v) is 13.9. The van der Waals surface area contributed by atoms with Crippen molar-refractivity contribution in [3.63, 3.8) is 0 Å². The van der Waals surface area contributed by atoms with E-state index < -0.39 is 0 Å². The van der Waals surface area contributed by atoms with Gasteiger partial charge in [0.25, 0.3) is 0 Å². The highest BCUT2D eigenvalue weighted by atomic mass is 15.1. The van der Waals surface area contributed by atoms with E-state index in [0.29, 0.717) is 0 Å². The highest BCUT2D eigenvalue weighted by molar-refractivity contribution is 6.09. The summed E-state index contributed by atoms with van der Waals surface area (Å²) < 4.78 is 0. The lowest BCUT2D eigenvalue weighted by Crippen LogP contribution is -2.19. The topological polar surface area (TPSA) is 3.24 Å². The lowest BCUT2D eigenvalue weighted by molar-refractivity contribution is 0.694. The molecule has 47 heavy (non-hydrogen) atoms. The number of fused-ring (bicyclic) bond motifs is 4. The highest BCUT2D eigenvalue weighted by Crippen LogP contribution is 2.62. The van der Waals surface area contributed by atoms with Crippen LogP contribution in [0.2, 0.25) is 0 Å². The van der Waals surface area contributed by atoms with Gasteiger partial charge in [-0.25, -0.2) is 0 Å². The van der Waals surface area contributed by atoms with Crippen molar-refractivity contribution >= 4 is 40.4 Å². The molecule has 2 aliphatic rings. The van der Waals surface area contributed by atoms with Crippen LogP contribution in [0.4, 0.5) is 17.1 Å². The first-order valence-corrected chi connectivity index (χ1v) is 16.6. The maximum absolute atomic E-state index is 2.44. The Balaban J connectivity index is 1.06. The van der Waals surface area contributed by atoms with Crippen molar-refractivity contribution in [2.45, 2.75) is 38.5 Å². The van der Waals surface area contributed by atoms with E-state index in [1.165, 1.54) is 55.7 Å². The van der Waals surface area contributed by atoms with Crippen LogP contribution < -0.4 is 4.90 Å². The summed E-state index contributed by atoms with van der Waals surface area (Å²) >= 11 is 0. The number of nitrogens with zero attached hydrogens (tertiary/aromatic N) is 1. The molecule has 0 N–H and O–H groups in total. The lowest BCUT2D eigenvalue weighted by atomic mass is 9.75. The average Bonchev–Trinajstić information content (AvgIpc) is 3.50. The molecule has 0 unspecified atom stereocenters. The van der Waals surface area contributed by atoms with E-state index in [1.54, 1.807) is 0 Å². The number of allylic oxidation sites excluding steroid dienone is 2. The first-order chi connectivity index (χ1) is 22.8. The number of rotatable bonds is 6. The fraction of sp³-hybridized carbons (Fsp3) is 0.130. The smallest absolute Gasteiger partial charge is 0.0462 e. The van der Waals surface area contributed by atoms with Gasteiger partial charge >= 0.3 is 0 Å². The van der Waals surface area contributed by atoms with Gasteiger partial charge in [-0.05, 0) is 104 Å². The van der Waals surface area contributed by atoms with E-state index in [1.807, 2.05) is 0 Å². The zero-order chi connectivity index (χ0) is 32.2. The molecule has 0 saturated carbocycles. The monoisotopic (exact) mass is 605 g/mol. The minimum Gasteiger partial charge on any atom is -0.311 e. The van der Waals surface area contributed by atoms with Crippen LogP contribution in [0.1, 0.15) is 61.1 Å². The summed E-state index contributed by atoms with van der Waals surface area (Å²) in [6, 6.07) is 54.9. The quantitative estimate of drug-likeness (QED) is 0.171. The van der Waals surface area contributed by atoms with Crippen LogP contribution in [0.3, 0.4) is 0 Å². The maximum atomic E-state index is 2.44. The normalized spacial score (nSPS) is 15.4.